The second-order valence-corrected chi connectivity index (χ2v) is 11.0. The van der Waals surface area contributed by atoms with Crippen molar-refractivity contribution in [2.45, 2.75) is 24.5 Å². The number of sulfonamides is 1. The summed E-state index contributed by atoms with van der Waals surface area (Å²) in [5, 5.41) is 1.87. The fraction of sp³-hybridized carbons (Fsp3) is 0.227. The Bertz CT molecular complexity index is 1430. The number of halogens is 4. The van der Waals surface area contributed by atoms with Gasteiger partial charge in [-0.15, -0.1) is 0 Å². The van der Waals surface area contributed by atoms with Gasteiger partial charge in [0.25, 0.3) is 5.56 Å². The minimum atomic E-state index is -4.00. The maximum atomic E-state index is 14.4. The van der Waals surface area contributed by atoms with Crippen molar-refractivity contribution >= 4 is 49.8 Å². The van der Waals surface area contributed by atoms with Crippen molar-refractivity contribution in [3.05, 3.63) is 85.0 Å². The first-order valence-electron chi connectivity index (χ1n) is 9.87. The number of anilines is 3. The zero-order valence-corrected chi connectivity index (χ0v) is 20.5. The summed E-state index contributed by atoms with van der Waals surface area (Å²) in [6.07, 6.45) is 0.164. The van der Waals surface area contributed by atoms with Crippen molar-refractivity contribution < 1.29 is 21.6 Å². The number of rotatable bonds is 6. The summed E-state index contributed by atoms with van der Waals surface area (Å²) < 4.78 is 72.1. The van der Waals surface area contributed by atoms with Gasteiger partial charge in [-0.3, -0.25) is 14.1 Å². The lowest BCUT2D eigenvalue weighted by Crippen LogP contribution is -2.26. The van der Waals surface area contributed by atoms with Crippen molar-refractivity contribution in [2.75, 3.05) is 10.0 Å². The van der Waals surface area contributed by atoms with Crippen LogP contribution in [0.15, 0.2) is 47.3 Å². The van der Waals surface area contributed by atoms with Crippen molar-refractivity contribution in [2.24, 2.45) is 7.05 Å². The van der Waals surface area contributed by atoms with Gasteiger partial charge in [-0.25, -0.2) is 21.6 Å². The van der Waals surface area contributed by atoms with Gasteiger partial charge in [-0.1, -0.05) is 6.07 Å². The van der Waals surface area contributed by atoms with E-state index in [4.69, 9.17) is 0 Å². The maximum absolute atomic E-state index is 14.4. The Morgan fingerprint density at radius 3 is 2.42 bits per heavy atom. The number of nitrogens with zero attached hydrogens (tertiary/aromatic N) is 1. The molecule has 174 valence electrons. The number of nitrogens with one attached hydrogen (secondary N) is 2. The first-order chi connectivity index (χ1) is 15.5. The average Bonchev–Trinajstić information content (AvgIpc) is 3.52. The van der Waals surface area contributed by atoms with Crippen LogP contribution < -0.4 is 15.6 Å². The van der Waals surface area contributed by atoms with Gasteiger partial charge in [0.15, 0.2) is 0 Å². The number of aryl methyl sites for hydroxylation is 1. The molecule has 0 saturated heterocycles. The highest BCUT2D eigenvalue weighted by Crippen LogP contribution is 2.47. The lowest BCUT2D eigenvalue weighted by molar-refractivity contribution is 0.572. The molecule has 2 unspecified atom stereocenters. The Morgan fingerprint density at radius 1 is 1.03 bits per heavy atom. The fourth-order valence-corrected chi connectivity index (χ4v) is 5.82. The van der Waals surface area contributed by atoms with Gasteiger partial charge in [0.05, 0.1) is 16.6 Å². The fourth-order valence-electron chi connectivity index (χ4n) is 3.71. The predicted octanol–water partition coefficient (Wildman–Crippen LogP) is 4.76. The molecule has 0 bridgehead atoms. The van der Waals surface area contributed by atoms with E-state index in [0.717, 1.165) is 12.1 Å². The smallest absolute Gasteiger partial charge is 0.254 e. The molecule has 33 heavy (non-hydrogen) atoms. The van der Waals surface area contributed by atoms with Gasteiger partial charge in [-0.2, -0.15) is 0 Å². The van der Waals surface area contributed by atoms with Crippen LogP contribution in [-0.2, 0) is 17.1 Å². The Labute approximate surface area is 202 Å². The minimum Gasteiger partial charge on any atom is -0.337 e. The van der Waals surface area contributed by atoms with E-state index < -0.39 is 38.6 Å². The highest BCUT2D eigenvalue weighted by Gasteiger charge is 2.49. The molecule has 0 radical (unpaired) electrons. The van der Waals surface area contributed by atoms with Crippen LogP contribution in [0.3, 0.4) is 0 Å². The van der Waals surface area contributed by atoms with Crippen LogP contribution in [-0.4, -0.2) is 18.2 Å². The van der Waals surface area contributed by atoms with Gasteiger partial charge < -0.3 is 5.32 Å². The lowest BCUT2D eigenvalue weighted by atomic mass is 10.1. The number of pyridine rings is 1. The summed E-state index contributed by atoms with van der Waals surface area (Å²) in [6, 6.07) is 8.85. The maximum Gasteiger partial charge on any atom is 0.254 e. The van der Waals surface area contributed by atoms with Crippen molar-refractivity contribution in [3.8, 4) is 0 Å². The SMILES string of the molecule is Cc1cc(NS(=O)(=O)C2CC2c2ccc(F)cc2F)c(Nc2ccc(I)cc2F)n(C)c1=O. The summed E-state index contributed by atoms with van der Waals surface area (Å²) >= 11 is 1.96. The van der Waals surface area contributed by atoms with Crippen LogP contribution in [0.1, 0.15) is 23.5 Å². The van der Waals surface area contributed by atoms with Gasteiger partial charge >= 0.3 is 0 Å². The predicted molar refractivity (Wildman–Crippen MR) is 129 cm³/mol. The third-order valence-electron chi connectivity index (χ3n) is 5.52. The molecule has 1 aliphatic rings. The summed E-state index contributed by atoms with van der Waals surface area (Å²) in [5.41, 5.74) is 0.137. The van der Waals surface area contributed by atoms with E-state index in [9.17, 15) is 26.4 Å². The molecule has 1 fully saturated rings. The molecule has 1 aliphatic carbocycles. The standard InChI is InChI=1S/C22H19F3IN3O3S/c1-11-7-19(21(29(2)22(11)30)27-18-6-4-13(26)9-17(18)25)28-33(31,32)20-10-15(20)14-5-3-12(23)8-16(14)24/h3-9,15,20,27-28H,10H2,1-2H3. The molecule has 1 saturated carbocycles. The van der Waals surface area contributed by atoms with E-state index in [1.165, 1.54) is 42.8 Å². The van der Waals surface area contributed by atoms with Gasteiger partial charge in [0.2, 0.25) is 10.0 Å². The molecule has 0 amide bonds. The number of benzene rings is 2. The highest BCUT2D eigenvalue weighted by molar-refractivity contribution is 14.1. The van der Waals surface area contributed by atoms with E-state index in [1.807, 2.05) is 22.6 Å². The molecule has 0 spiro atoms. The van der Waals surface area contributed by atoms with Gasteiger partial charge in [-0.05, 0) is 71.8 Å². The average molecular weight is 589 g/mol. The quantitative estimate of drug-likeness (QED) is 0.407. The first kappa shape index (κ1) is 23.6. The zero-order chi connectivity index (χ0) is 24.1. The molecular weight excluding hydrogens is 570 g/mol. The van der Waals surface area contributed by atoms with Gasteiger partial charge in [0, 0.05) is 28.2 Å². The second-order valence-electron chi connectivity index (χ2n) is 7.90. The third-order valence-corrected chi connectivity index (χ3v) is 8.02. The molecule has 2 atom stereocenters. The van der Waals surface area contributed by atoms with E-state index >= 15 is 0 Å². The molecule has 0 aliphatic heterocycles. The second kappa shape index (κ2) is 8.67. The molecule has 2 aromatic carbocycles. The minimum absolute atomic E-state index is 0.0535. The van der Waals surface area contributed by atoms with Crippen LogP contribution >= 0.6 is 22.6 Å². The number of aromatic nitrogens is 1. The van der Waals surface area contributed by atoms with Crippen LogP contribution in [0.25, 0.3) is 0 Å². The molecule has 11 heteroatoms. The first-order valence-corrected chi connectivity index (χ1v) is 12.5. The summed E-state index contributed by atoms with van der Waals surface area (Å²) in [5.74, 6) is -2.68. The molecule has 4 rings (SSSR count). The normalized spacial score (nSPS) is 17.6. The zero-order valence-electron chi connectivity index (χ0n) is 17.5. The molecule has 3 aromatic rings. The molecule has 2 N–H and O–H groups in total. The Kier molecular flexibility index (Phi) is 6.20. The Balaban J connectivity index is 1.67. The largest absolute Gasteiger partial charge is 0.337 e. The topological polar surface area (TPSA) is 80.2 Å². The summed E-state index contributed by atoms with van der Waals surface area (Å²) in [7, 11) is -2.56. The number of hydrogen-bond donors (Lipinski definition) is 2. The molecule has 6 nitrogen and oxygen atoms in total. The van der Waals surface area contributed by atoms with Crippen LogP contribution in [0.4, 0.5) is 30.4 Å². The van der Waals surface area contributed by atoms with E-state index in [0.29, 0.717) is 3.57 Å². The third kappa shape index (κ3) is 4.74. The van der Waals surface area contributed by atoms with E-state index in [2.05, 4.69) is 10.0 Å². The monoisotopic (exact) mass is 589 g/mol. The van der Waals surface area contributed by atoms with Crippen molar-refractivity contribution in [1.29, 1.82) is 0 Å². The Hall–Kier alpha value is -2.54. The highest BCUT2D eigenvalue weighted by atomic mass is 127. The molecular formula is C22H19F3IN3O3S. The van der Waals surface area contributed by atoms with Crippen LogP contribution in [0.2, 0.25) is 0 Å². The number of hydrogen-bond acceptors (Lipinski definition) is 4. The van der Waals surface area contributed by atoms with E-state index in [1.54, 1.807) is 6.07 Å². The van der Waals surface area contributed by atoms with Crippen LogP contribution in [0, 0.1) is 27.9 Å². The molecule has 1 aromatic heterocycles. The summed E-state index contributed by atoms with van der Waals surface area (Å²) in [6.45, 7) is 1.53. The van der Waals surface area contributed by atoms with Crippen LogP contribution in [0.5, 0.6) is 0 Å². The molecule has 1 heterocycles. The van der Waals surface area contributed by atoms with Gasteiger partial charge in [0.1, 0.15) is 23.3 Å². The Morgan fingerprint density at radius 2 is 1.76 bits per heavy atom. The van der Waals surface area contributed by atoms with E-state index in [-0.39, 0.29) is 40.3 Å². The van der Waals surface area contributed by atoms with Crippen molar-refractivity contribution in [3.63, 3.8) is 0 Å². The lowest BCUT2D eigenvalue weighted by Gasteiger charge is -2.19. The van der Waals surface area contributed by atoms with Crippen molar-refractivity contribution in [1.82, 2.24) is 4.57 Å². The summed E-state index contributed by atoms with van der Waals surface area (Å²) in [4.78, 5) is 12.5.